The fraction of sp³-hybridized carbons (Fsp3) is 0.533. The molecule has 2 atom stereocenters. The van der Waals surface area contributed by atoms with E-state index in [2.05, 4.69) is 76.6 Å². The Hall–Kier alpha value is -0.300. The van der Waals surface area contributed by atoms with Crippen LogP contribution in [-0.4, -0.2) is 24.6 Å². The third kappa shape index (κ3) is 5.24. The van der Waals surface area contributed by atoms with E-state index in [4.69, 9.17) is 0 Å². The zero-order valence-electron chi connectivity index (χ0n) is 12.4. The lowest BCUT2D eigenvalue weighted by Gasteiger charge is -2.23. The number of halogens is 2. The minimum atomic E-state index is 0. The van der Waals surface area contributed by atoms with Crippen molar-refractivity contribution in [2.24, 2.45) is 4.99 Å². The first-order valence-corrected chi connectivity index (χ1v) is 7.45. The van der Waals surface area contributed by atoms with Crippen molar-refractivity contribution < 1.29 is 0 Å². The van der Waals surface area contributed by atoms with E-state index in [-0.39, 0.29) is 29.5 Å². The van der Waals surface area contributed by atoms with Crippen molar-refractivity contribution in [3.05, 3.63) is 34.3 Å². The fourth-order valence-electron chi connectivity index (χ4n) is 2.12. The van der Waals surface area contributed by atoms with Crippen molar-refractivity contribution in [3.63, 3.8) is 0 Å². The maximum absolute atomic E-state index is 4.28. The van der Waals surface area contributed by atoms with Crippen molar-refractivity contribution in [2.75, 3.05) is 7.05 Å². The molecule has 1 aliphatic rings. The van der Waals surface area contributed by atoms with Crippen LogP contribution in [0.25, 0.3) is 0 Å². The normalized spacial score (nSPS) is 21.9. The monoisotopic (exact) mass is 451 g/mol. The average molecular weight is 452 g/mol. The summed E-state index contributed by atoms with van der Waals surface area (Å²) in [5.41, 5.74) is 1.43. The predicted molar refractivity (Wildman–Crippen MR) is 100 cm³/mol. The van der Waals surface area contributed by atoms with Gasteiger partial charge in [-0.05, 0) is 44.9 Å². The van der Waals surface area contributed by atoms with Crippen LogP contribution in [0.4, 0.5) is 0 Å². The highest BCUT2D eigenvalue weighted by atomic mass is 127. The first-order chi connectivity index (χ1) is 8.89. The van der Waals surface area contributed by atoms with Gasteiger partial charge in [0.05, 0.1) is 0 Å². The first-order valence-electron chi connectivity index (χ1n) is 6.66. The van der Waals surface area contributed by atoms with Crippen LogP contribution in [0.2, 0.25) is 0 Å². The smallest absolute Gasteiger partial charge is 0.191 e. The Morgan fingerprint density at radius 3 is 2.35 bits per heavy atom. The molecule has 0 bridgehead atoms. The highest BCUT2D eigenvalue weighted by Crippen LogP contribution is 2.40. The summed E-state index contributed by atoms with van der Waals surface area (Å²) in [6, 6.07) is 9.09. The lowest BCUT2D eigenvalue weighted by molar-refractivity contribution is 0.501. The summed E-state index contributed by atoms with van der Waals surface area (Å²) in [4.78, 5) is 4.28. The molecule has 0 amide bonds. The van der Waals surface area contributed by atoms with Crippen LogP contribution in [0, 0.1) is 0 Å². The zero-order chi connectivity index (χ0) is 14.0. The summed E-state index contributed by atoms with van der Waals surface area (Å²) in [7, 11) is 1.82. The number of hydrogen-bond acceptors (Lipinski definition) is 1. The van der Waals surface area contributed by atoms with Crippen LogP contribution >= 0.6 is 39.9 Å². The van der Waals surface area contributed by atoms with Crippen molar-refractivity contribution in [3.8, 4) is 0 Å². The van der Waals surface area contributed by atoms with Gasteiger partial charge < -0.3 is 10.6 Å². The second-order valence-corrected chi connectivity index (χ2v) is 7.01. The standard InChI is InChI=1S/C15H22BrN3.HI/c1-15(2,3)19-14(17-4)18-13-9-12(13)10-5-7-11(16)8-6-10;/h5-8,12-13H,9H2,1-4H3,(H2,17,18,19);1H. The second-order valence-electron chi connectivity index (χ2n) is 6.09. The molecule has 20 heavy (non-hydrogen) atoms. The highest BCUT2D eigenvalue weighted by Gasteiger charge is 2.39. The van der Waals surface area contributed by atoms with Crippen LogP contribution in [0.15, 0.2) is 33.7 Å². The number of guanidine groups is 1. The SMILES string of the molecule is CN=C(NC1CC1c1ccc(Br)cc1)NC(C)(C)C.I. The van der Waals surface area contributed by atoms with Gasteiger partial charge in [-0.15, -0.1) is 24.0 Å². The van der Waals surface area contributed by atoms with E-state index >= 15 is 0 Å². The Balaban J connectivity index is 0.00000200. The molecule has 1 saturated carbocycles. The first kappa shape index (κ1) is 17.8. The van der Waals surface area contributed by atoms with Gasteiger partial charge in [-0.2, -0.15) is 0 Å². The summed E-state index contributed by atoms with van der Waals surface area (Å²) >= 11 is 3.47. The Morgan fingerprint density at radius 2 is 1.85 bits per heavy atom. The van der Waals surface area contributed by atoms with E-state index in [1.165, 1.54) is 12.0 Å². The molecule has 5 heteroatoms. The summed E-state index contributed by atoms with van der Waals surface area (Å²) in [6.45, 7) is 6.41. The van der Waals surface area contributed by atoms with Crippen LogP contribution in [0.5, 0.6) is 0 Å². The Kier molecular flexibility index (Phi) is 6.31. The lowest BCUT2D eigenvalue weighted by Crippen LogP contribution is -2.48. The zero-order valence-corrected chi connectivity index (χ0v) is 16.3. The molecule has 0 aliphatic heterocycles. The van der Waals surface area contributed by atoms with Crippen LogP contribution in [0.1, 0.15) is 38.7 Å². The van der Waals surface area contributed by atoms with Crippen LogP contribution in [0.3, 0.4) is 0 Å². The van der Waals surface area contributed by atoms with Gasteiger partial charge in [-0.25, -0.2) is 0 Å². The largest absolute Gasteiger partial charge is 0.353 e. The maximum atomic E-state index is 4.28. The van der Waals surface area contributed by atoms with Crippen molar-refractivity contribution >= 4 is 45.9 Å². The molecule has 0 aromatic heterocycles. The summed E-state index contributed by atoms with van der Waals surface area (Å²) < 4.78 is 1.13. The molecular weight excluding hydrogens is 429 g/mol. The summed E-state index contributed by atoms with van der Waals surface area (Å²) in [5.74, 6) is 1.49. The summed E-state index contributed by atoms with van der Waals surface area (Å²) in [6.07, 6.45) is 1.17. The van der Waals surface area contributed by atoms with E-state index in [0.29, 0.717) is 12.0 Å². The number of nitrogens with zero attached hydrogens (tertiary/aromatic N) is 1. The molecule has 0 spiro atoms. The van der Waals surface area contributed by atoms with Gasteiger partial charge in [0.2, 0.25) is 0 Å². The Bertz CT molecular complexity index is 465. The molecular formula is C15H23BrIN3. The van der Waals surface area contributed by atoms with E-state index < -0.39 is 0 Å². The molecule has 1 aromatic rings. The van der Waals surface area contributed by atoms with Gasteiger partial charge in [0.25, 0.3) is 0 Å². The number of rotatable bonds is 2. The topological polar surface area (TPSA) is 36.4 Å². The number of benzene rings is 1. The fourth-order valence-corrected chi connectivity index (χ4v) is 2.38. The number of aliphatic imine (C=N–C) groups is 1. The Morgan fingerprint density at radius 1 is 1.25 bits per heavy atom. The van der Waals surface area contributed by atoms with Crippen LogP contribution < -0.4 is 10.6 Å². The second kappa shape index (κ2) is 7.11. The molecule has 2 rings (SSSR count). The average Bonchev–Trinajstić information content (AvgIpc) is 3.06. The summed E-state index contributed by atoms with van der Waals surface area (Å²) in [5, 5.41) is 6.88. The molecule has 3 nitrogen and oxygen atoms in total. The number of nitrogens with one attached hydrogen (secondary N) is 2. The van der Waals surface area contributed by atoms with Crippen LogP contribution in [-0.2, 0) is 0 Å². The number of hydrogen-bond donors (Lipinski definition) is 2. The molecule has 0 saturated heterocycles. The van der Waals surface area contributed by atoms with Gasteiger partial charge in [-0.1, -0.05) is 28.1 Å². The van der Waals surface area contributed by atoms with Gasteiger partial charge in [0, 0.05) is 29.0 Å². The molecule has 112 valence electrons. The third-order valence-electron chi connectivity index (χ3n) is 3.13. The Labute approximate surface area is 147 Å². The van der Waals surface area contributed by atoms with Crippen molar-refractivity contribution in [2.45, 2.75) is 44.7 Å². The molecule has 0 radical (unpaired) electrons. The van der Waals surface area contributed by atoms with E-state index in [9.17, 15) is 0 Å². The van der Waals surface area contributed by atoms with Crippen molar-refractivity contribution in [1.82, 2.24) is 10.6 Å². The predicted octanol–water partition coefficient (Wildman–Crippen LogP) is 3.89. The van der Waals surface area contributed by atoms with E-state index in [1.807, 2.05) is 7.05 Å². The van der Waals surface area contributed by atoms with Gasteiger partial charge in [-0.3, -0.25) is 4.99 Å². The molecule has 1 aromatic carbocycles. The van der Waals surface area contributed by atoms with Gasteiger partial charge in [0.15, 0.2) is 5.96 Å². The highest BCUT2D eigenvalue weighted by molar-refractivity contribution is 14.0. The molecule has 0 heterocycles. The minimum absolute atomic E-state index is 0. The minimum Gasteiger partial charge on any atom is -0.353 e. The van der Waals surface area contributed by atoms with E-state index in [0.717, 1.165) is 10.4 Å². The molecule has 2 unspecified atom stereocenters. The van der Waals surface area contributed by atoms with E-state index in [1.54, 1.807) is 0 Å². The van der Waals surface area contributed by atoms with Gasteiger partial charge in [0.1, 0.15) is 0 Å². The maximum Gasteiger partial charge on any atom is 0.191 e. The quantitative estimate of drug-likeness (QED) is 0.406. The molecule has 1 aliphatic carbocycles. The third-order valence-corrected chi connectivity index (χ3v) is 3.66. The molecule has 2 N–H and O–H groups in total. The molecule has 1 fully saturated rings. The van der Waals surface area contributed by atoms with Gasteiger partial charge >= 0.3 is 0 Å². The van der Waals surface area contributed by atoms with Crippen molar-refractivity contribution in [1.29, 1.82) is 0 Å². The lowest BCUT2D eigenvalue weighted by atomic mass is 10.1.